The predicted molar refractivity (Wildman–Crippen MR) is 28.0 cm³/mol. The van der Waals surface area contributed by atoms with Crippen LogP contribution >= 0.6 is 0 Å². The van der Waals surface area contributed by atoms with E-state index in [1.165, 1.54) is 0 Å². The van der Waals surface area contributed by atoms with Crippen LogP contribution in [0.25, 0.3) is 0 Å². The molecular formula is C5H2F3NO3. The van der Waals surface area contributed by atoms with Crippen LogP contribution in [-0.4, -0.2) is 17.5 Å². The Balaban J connectivity index is 2.63. The molecule has 1 rings (SSSR count). The van der Waals surface area contributed by atoms with Gasteiger partial charge in [-0.25, -0.2) is 4.79 Å². The minimum atomic E-state index is -4.99. The van der Waals surface area contributed by atoms with Gasteiger partial charge in [0.25, 0.3) is 0 Å². The fourth-order valence-corrected chi connectivity index (χ4v) is 0.475. The number of rotatable bonds is 1. The third kappa shape index (κ3) is 2.26. The van der Waals surface area contributed by atoms with Gasteiger partial charge in [-0.2, -0.15) is 0 Å². The Bertz CT molecular complexity index is 266. The van der Waals surface area contributed by atoms with Crippen molar-refractivity contribution in [2.24, 2.45) is 0 Å². The Morgan fingerprint density at radius 3 is 2.67 bits per heavy atom. The van der Waals surface area contributed by atoms with E-state index in [0.717, 1.165) is 12.3 Å². The number of carbonyl (C=O) groups excluding carboxylic acids is 1. The van der Waals surface area contributed by atoms with E-state index in [9.17, 15) is 18.0 Å². The molecule has 12 heavy (non-hydrogen) atoms. The second kappa shape index (κ2) is 2.84. The molecule has 66 valence electrons. The molecule has 0 aliphatic carbocycles. The maximum absolute atomic E-state index is 11.4. The summed E-state index contributed by atoms with van der Waals surface area (Å²) >= 11 is 0. The standard InChI is InChI=1S/C5H2F3NO3/c6-5(7,8)12-4(10)3-1-2-11-9-3/h1-2H. The van der Waals surface area contributed by atoms with Gasteiger partial charge in [-0.05, 0) is 0 Å². The van der Waals surface area contributed by atoms with Gasteiger partial charge in [0, 0.05) is 6.07 Å². The van der Waals surface area contributed by atoms with Crippen molar-refractivity contribution in [3.8, 4) is 0 Å². The number of hydrogen-bond acceptors (Lipinski definition) is 4. The van der Waals surface area contributed by atoms with Gasteiger partial charge >= 0.3 is 12.3 Å². The molecule has 0 amide bonds. The Hall–Kier alpha value is -1.53. The Morgan fingerprint density at radius 1 is 1.58 bits per heavy atom. The second-order valence-corrected chi connectivity index (χ2v) is 1.72. The summed E-state index contributed by atoms with van der Waals surface area (Å²) in [6.45, 7) is 0. The smallest absolute Gasteiger partial charge is 0.368 e. The molecule has 0 radical (unpaired) electrons. The maximum Gasteiger partial charge on any atom is 0.575 e. The number of esters is 1. The van der Waals surface area contributed by atoms with Crippen LogP contribution in [0.4, 0.5) is 13.2 Å². The van der Waals surface area contributed by atoms with Gasteiger partial charge in [-0.15, -0.1) is 13.2 Å². The lowest BCUT2D eigenvalue weighted by Gasteiger charge is -2.03. The number of hydrogen-bond donors (Lipinski definition) is 0. The Kier molecular flexibility index (Phi) is 2.03. The van der Waals surface area contributed by atoms with Crippen molar-refractivity contribution < 1.29 is 27.2 Å². The van der Waals surface area contributed by atoms with Gasteiger partial charge in [-0.1, -0.05) is 5.16 Å². The molecule has 4 nitrogen and oxygen atoms in total. The van der Waals surface area contributed by atoms with Crippen molar-refractivity contribution in [2.45, 2.75) is 6.36 Å². The zero-order chi connectivity index (χ0) is 9.19. The van der Waals surface area contributed by atoms with Gasteiger partial charge in [0.05, 0.1) is 0 Å². The zero-order valence-corrected chi connectivity index (χ0v) is 5.46. The van der Waals surface area contributed by atoms with Crippen LogP contribution < -0.4 is 0 Å². The largest absolute Gasteiger partial charge is 0.575 e. The zero-order valence-electron chi connectivity index (χ0n) is 5.46. The quantitative estimate of drug-likeness (QED) is 0.613. The van der Waals surface area contributed by atoms with Crippen LogP contribution in [-0.2, 0) is 4.74 Å². The van der Waals surface area contributed by atoms with Crippen LogP contribution in [0.3, 0.4) is 0 Å². The fourth-order valence-electron chi connectivity index (χ4n) is 0.475. The molecule has 1 aromatic heterocycles. The van der Waals surface area contributed by atoms with Gasteiger partial charge in [0.2, 0.25) is 0 Å². The number of halogens is 3. The highest BCUT2D eigenvalue weighted by Gasteiger charge is 2.35. The average molecular weight is 181 g/mol. The first-order chi connectivity index (χ1) is 5.49. The molecule has 0 spiro atoms. The minimum absolute atomic E-state index is 0.521. The molecule has 0 atom stereocenters. The first-order valence-electron chi connectivity index (χ1n) is 2.69. The van der Waals surface area contributed by atoms with Crippen LogP contribution in [0.5, 0.6) is 0 Å². The monoisotopic (exact) mass is 181 g/mol. The molecule has 1 heterocycles. The summed E-state index contributed by atoms with van der Waals surface area (Å²) in [6, 6.07) is 0.966. The van der Waals surface area contributed by atoms with Gasteiger partial charge in [-0.3, -0.25) is 0 Å². The molecule has 0 aromatic carbocycles. The third-order valence-electron chi connectivity index (χ3n) is 0.855. The van der Waals surface area contributed by atoms with E-state index in [-0.39, 0.29) is 0 Å². The lowest BCUT2D eigenvalue weighted by atomic mass is 10.4. The van der Waals surface area contributed by atoms with Crippen molar-refractivity contribution in [3.05, 3.63) is 18.0 Å². The van der Waals surface area contributed by atoms with E-state index in [4.69, 9.17) is 0 Å². The number of aromatic nitrogens is 1. The van der Waals surface area contributed by atoms with Crippen molar-refractivity contribution in [3.63, 3.8) is 0 Å². The van der Waals surface area contributed by atoms with E-state index in [0.29, 0.717) is 0 Å². The highest BCUT2D eigenvalue weighted by molar-refractivity contribution is 5.86. The highest BCUT2D eigenvalue weighted by Crippen LogP contribution is 2.17. The lowest BCUT2D eigenvalue weighted by molar-refractivity contribution is -0.292. The van der Waals surface area contributed by atoms with Crippen molar-refractivity contribution in [1.82, 2.24) is 5.16 Å². The van der Waals surface area contributed by atoms with Crippen molar-refractivity contribution in [2.75, 3.05) is 0 Å². The van der Waals surface area contributed by atoms with E-state index in [1.807, 2.05) is 0 Å². The van der Waals surface area contributed by atoms with Crippen LogP contribution in [0, 0.1) is 0 Å². The third-order valence-corrected chi connectivity index (χ3v) is 0.855. The first kappa shape index (κ1) is 8.57. The minimum Gasteiger partial charge on any atom is -0.368 e. The van der Waals surface area contributed by atoms with Crippen molar-refractivity contribution >= 4 is 5.97 Å². The predicted octanol–water partition coefficient (Wildman–Crippen LogP) is 1.35. The van der Waals surface area contributed by atoms with Crippen LogP contribution in [0.15, 0.2) is 16.9 Å². The molecule has 0 unspecified atom stereocenters. The average Bonchev–Trinajstić information content (AvgIpc) is 2.32. The number of alkyl halides is 3. The molecule has 1 aromatic rings. The van der Waals surface area contributed by atoms with Crippen LogP contribution in [0.1, 0.15) is 10.5 Å². The van der Waals surface area contributed by atoms with E-state index in [1.54, 1.807) is 0 Å². The van der Waals surface area contributed by atoms with E-state index >= 15 is 0 Å². The summed E-state index contributed by atoms with van der Waals surface area (Å²) in [5.74, 6) is -1.59. The van der Waals surface area contributed by atoms with Gasteiger partial charge < -0.3 is 9.26 Å². The number of carbonyl (C=O) groups is 1. The lowest BCUT2D eigenvalue weighted by Crippen LogP contribution is -2.19. The molecule has 0 aliphatic heterocycles. The molecule has 0 saturated heterocycles. The molecule has 0 saturated carbocycles. The summed E-state index contributed by atoms with van der Waals surface area (Å²) in [5.41, 5.74) is -0.521. The highest BCUT2D eigenvalue weighted by atomic mass is 19.4. The second-order valence-electron chi connectivity index (χ2n) is 1.72. The van der Waals surface area contributed by atoms with E-state index < -0.39 is 18.0 Å². The van der Waals surface area contributed by atoms with E-state index in [2.05, 4.69) is 14.4 Å². The van der Waals surface area contributed by atoms with Gasteiger partial charge in [0.15, 0.2) is 5.69 Å². The summed E-state index contributed by atoms with van der Waals surface area (Å²) in [5, 5.41) is 2.95. The topological polar surface area (TPSA) is 52.3 Å². The van der Waals surface area contributed by atoms with Crippen LogP contribution in [0.2, 0.25) is 0 Å². The summed E-state index contributed by atoms with van der Waals surface area (Å²) in [6.07, 6.45) is -4.02. The summed E-state index contributed by atoms with van der Waals surface area (Å²) < 4.78 is 41.3. The fraction of sp³-hybridized carbons (Fsp3) is 0.200. The Morgan fingerprint density at radius 2 is 2.25 bits per heavy atom. The Labute approximate surface area is 63.9 Å². The molecule has 0 bridgehead atoms. The molecule has 0 aliphatic rings. The summed E-state index contributed by atoms with van der Waals surface area (Å²) in [7, 11) is 0. The normalized spacial score (nSPS) is 11.2. The van der Waals surface area contributed by atoms with Gasteiger partial charge in [0.1, 0.15) is 6.26 Å². The SMILES string of the molecule is O=C(OC(F)(F)F)c1ccon1. The molecule has 0 fully saturated rings. The molecule has 0 N–H and O–H groups in total. The summed E-state index contributed by atoms with van der Waals surface area (Å²) in [4.78, 5) is 10.5. The molecular weight excluding hydrogens is 179 g/mol. The number of ether oxygens (including phenoxy) is 1. The van der Waals surface area contributed by atoms with Crippen molar-refractivity contribution in [1.29, 1.82) is 0 Å². The first-order valence-corrected chi connectivity index (χ1v) is 2.69. The molecule has 7 heteroatoms. The number of nitrogens with zero attached hydrogens (tertiary/aromatic N) is 1. The maximum atomic E-state index is 11.4.